The molecule has 0 atom stereocenters. The van der Waals surface area contributed by atoms with E-state index in [1.54, 1.807) is 12.3 Å². The number of carbonyl (C=O) groups excluding carboxylic acids is 1. The molecule has 0 bridgehead atoms. The summed E-state index contributed by atoms with van der Waals surface area (Å²) in [6.07, 6.45) is 3.79. The first-order valence-corrected chi connectivity index (χ1v) is 10.3. The highest BCUT2D eigenvalue weighted by molar-refractivity contribution is 5.94. The Balaban J connectivity index is 1.31. The van der Waals surface area contributed by atoms with Crippen LogP contribution in [0.15, 0.2) is 36.5 Å². The van der Waals surface area contributed by atoms with Crippen LogP contribution in [-0.2, 0) is 6.54 Å². The van der Waals surface area contributed by atoms with Crippen molar-refractivity contribution in [2.24, 2.45) is 0 Å². The number of pyridine rings is 1. The van der Waals surface area contributed by atoms with Crippen LogP contribution in [0, 0.1) is 0 Å². The Labute approximate surface area is 171 Å². The van der Waals surface area contributed by atoms with Crippen LogP contribution in [0.2, 0.25) is 0 Å². The summed E-state index contributed by atoms with van der Waals surface area (Å²) in [4.78, 5) is 21.5. The van der Waals surface area contributed by atoms with Crippen molar-refractivity contribution in [3.8, 4) is 11.5 Å². The first kappa shape index (κ1) is 19.5. The van der Waals surface area contributed by atoms with Gasteiger partial charge >= 0.3 is 0 Å². The molecular formula is C22H28N4O3. The second-order valence-corrected chi connectivity index (χ2v) is 7.46. The molecule has 0 unspecified atom stereocenters. The van der Waals surface area contributed by atoms with Crippen LogP contribution in [0.25, 0.3) is 0 Å². The molecule has 0 saturated carbocycles. The SMILES string of the molecule is CCCCNC(=O)c1ccnc(N2CCN(Cc3ccc4c(c3)OCO4)CC2)c1. The van der Waals surface area contributed by atoms with Crippen molar-refractivity contribution >= 4 is 11.7 Å². The van der Waals surface area contributed by atoms with Gasteiger partial charge in [0.1, 0.15) is 5.82 Å². The molecule has 0 radical (unpaired) electrons. The van der Waals surface area contributed by atoms with Crippen molar-refractivity contribution in [1.29, 1.82) is 0 Å². The van der Waals surface area contributed by atoms with E-state index in [2.05, 4.69) is 39.2 Å². The second kappa shape index (κ2) is 9.13. The summed E-state index contributed by atoms with van der Waals surface area (Å²) in [6.45, 7) is 7.69. The van der Waals surface area contributed by atoms with Gasteiger partial charge in [0.15, 0.2) is 11.5 Å². The largest absolute Gasteiger partial charge is 0.454 e. The quantitative estimate of drug-likeness (QED) is 0.726. The third-order valence-electron chi connectivity index (χ3n) is 5.36. The number of aromatic nitrogens is 1. The van der Waals surface area contributed by atoms with Gasteiger partial charge in [0.25, 0.3) is 5.91 Å². The first-order valence-electron chi connectivity index (χ1n) is 10.3. The van der Waals surface area contributed by atoms with Gasteiger partial charge in [-0.05, 0) is 36.2 Å². The average Bonchev–Trinajstić information content (AvgIpc) is 3.22. The lowest BCUT2D eigenvalue weighted by Crippen LogP contribution is -2.46. The smallest absolute Gasteiger partial charge is 0.251 e. The molecule has 1 aromatic heterocycles. The summed E-state index contributed by atoms with van der Waals surface area (Å²) in [7, 11) is 0. The standard InChI is InChI=1S/C22H28N4O3/c1-2-3-7-24-22(27)18-6-8-23-21(14-18)26-11-9-25(10-12-26)15-17-4-5-19-20(13-17)29-16-28-19/h4-6,8,13-14H,2-3,7,9-12,15-16H2,1H3,(H,24,27). The molecule has 1 N–H and O–H groups in total. The molecular weight excluding hydrogens is 368 g/mol. The van der Waals surface area contributed by atoms with Gasteiger partial charge in [-0.15, -0.1) is 0 Å². The van der Waals surface area contributed by atoms with E-state index in [4.69, 9.17) is 9.47 Å². The highest BCUT2D eigenvalue weighted by atomic mass is 16.7. The van der Waals surface area contributed by atoms with Crippen molar-refractivity contribution in [2.45, 2.75) is 26.3 Å². The number of hydrogen-bond acceptors (Lipinski definition) is 6. The number of unbranched alkanes of at least 4 members (excludes halogenated alkanes) is 1. The Morgan fingerprint density at radius 1 is 1.10 bits per heavy atom. The van der Waals surface area contributed by atoms with Crippen LogP contribution in [-0.4, -0.2) is 55.3 Å². The van der Waals surface area contributed by atoms with E-state index >= 15 is 0 Å². The zero-order valence-electron chi connectivity index (χ0n) is 16.9. The molecule has 1 aromatic carbocycles. The maximum absolute atomic E-state index is 12.3. The van der Waals surface area contributed by atoms with Gasteiger partial charge in [0.05, 0.1) is 0 Å². The molecule has 7 nitrogen and oxygen atoms in total. The molecule has 1 saturated heterocycles. The minimum absolute atomic E-state index is 0.0245. The van der Waals surface area contributed by atoms with Crippen LogP contribution >= 0.6 is 0 Å². The lowest BCUT2D eigenvalue weighted by Gasteiger charge is -2.35. The van der Waals surface area contributed by atoms with Gasteiger partial charge in [-0.25, -0.2) is 4.98 Å². The number of fused-ring (bicyclic) bond motifs is 1. The second-order valence-electron chi connectivity index (χ2n) is 7.46. The number of nitrogens with zero attached hydrogens (tertiary/aromatic N) is 3. The third-order valence-corrected chi connectivity index (χ3v) is 5.36. The van der Waals surface area contributed by atoms with Crippen molar-refractivity contribution in [3.05, 3.63) is 47.7 Å². The number of benzene rings is 1. The lowest BCUT2D eigenvalue weighted by molar-refractivity contribution is 0.0953. The number of piperazine rings is 1. The number of amides is 1. The average molecular weight is 396 g/mol. The summed E-state index contributed by atoms with van der Waals surface area (Å²) in [5.74, 6) is 2.50. The van der Waals surface area contributed by atoms with E-state index < -0.39 is 0 Å². The topological polar surface area (TPSA) is 66.9 Å². The molecule has 2 aliphatic heterocycles. The molecule has 154 valence electrons. The van der Waals surface area contributed by atoms with Crippen LogP contribution in [0.1, 0.15) is 35.7 Å². The fraction of sp³-hybridized carbons (Fsp3) is 0.455. The van der Waals surface area contributed by atoms with Crippen molar-refractivity contribution in [3.63, 3.8) is 0 Å². The van der Waals surface area contributed by atoms with Crippen LogP contribution in [0.4, 0.5) is 5.82 Å². The molecule has 4 rings (SSSR count). The number of nitrogens with one attached hydrogen (secondary N) is 1. The third kappa shape index (κ3) is 4.79. The molecule has 0 spiro atoms. The number of hydrogen-bond donors (Lipinski definition) is 1. The van der Waals surface area contributed by atoms with Gasteiger partial charge in [-0.3, -0.25) is 9.69 Å². The molecule has 3 heterocycles. The van der Waals surface area contributed by atoms with Gasteiger partial charge in [-0.1, -0.05) is 19.4 Å². The Morgan fingerprint density at radius 3 is 2.76 bits per heavy atom. The van der Waals surface area contributed by atoms with Crippen LogP contribution in [0.3, 0.4) is 0 Å². The highest BCUT2D eigenvalue weighted by Crippen LogP contribution is 2.32. The van der Waals surface area contributed by atoms with E-state index in [1.807, 2.05) is 12.1 Å². The monoisotopic (exact) mass is 396 g/mol. The molecule has 1 amide bonds. The van der Waals surface area contributed by atoms with Gasteiger partial charge in [0.2, 0.25) is 6.79 Å². The van der Waals surface area contributed by atoms with E-state index in [-0.39, 0.29) is 5.91 Å². The van der Waals surface area contributed by atoms with Gasteiger partial charge in [-0.2, -0.15) is 0 Å². The molecule has 7 heteroatoms. The highest BCUT2D eigenvalue weighted by Gasteiger charge is 2.20. The van der Waals surface area contributed by atoms with E-state index in [0.29, 0.717) is 18.9 Å². The maximum atomic E-state index is 12.3. The maximum Gasteiger partial charge on any atom is 0.251 e. The van der Waals surface area contributed by atoms with Gasteiger partial charge in [0, 0.05) is 51.0 Å². The van der Waals surface area contributed by atoms with Crippen molar-refractivity contribution in [1.82, 2.24) is 15.2 Å². The normalized spacial score (nSPS) is 16.1. The predicted molar refractivity (Wildman–Crippen MR) is 112 cm³/mol. The van der Waals surface area contributed by atoms with E-state index in [9.17, 15) is 4.79 Å². The van der Waals surface area contributed by atoms with Gasteiger partial charge < -0.3 is 19.7 Å². The minimum Gasteiger partial charge on any atom is -0.454 e. The zero-order chi connectivity index (χ0) is 20.1. The minimum atomic E-state index is -0.0245. The number of carbonyl (C=O) groups is 1. The zero-order valence-corrected chi connectivity index (χ0v) is 16.9. The number of anilines is 1. The molecule has 2 aromatic rings. The molecule has 0 aliphatic carbocycles. The summed E-state index contributed by atoms with van der Waals surface area (Å²) >= 11 is 0. The predicted octanol–water partition coefficient (Wildman–Crippen LogP) is 2.66. The fourth-order valence-electron chi connectivity index (χ4n) is 3.65. The number of rotatable bonds is 7. The summed E-state index contributed by atoms with van der Waals surface area (Å²) in [5, 5.41) is 2.97. The van der Waals surface area contributed by atoms with Crippen molar-refractivity contribution < 1.29 is 14.3 Å². The first-order chi connectivity index (χ1) is 14.2. The molecule has 29 heavy (non-hydrogen) atoms. The van der Waals surface area contributed by atoms with E-state index in [0.717, 1.165) is 62.9 Å². The Bertz CT molecular complexity index is 850. The van der Waals surface area contributed by atoms with Crippen LogP contribution in [0.5, 0.6) is 11.5 Å². The Hall–Kier alpha value is -2.80. The number of ether oxygens (including phenoxy) is 2. The van der Waals surface area contributed by atoms with Crippen molar-refractivity contribution in [2.75, 3.05) is 44.4 Å². The summed E-state index contributed by atoms with van der Waals surface area (Å²) in [6, 6.07) is 9.82. The van der Waals surface area contributed by atoms with Crippen LogP contribution < -0.4 is 19.7 Å². The summed E-state index contributed by atoms with van der Waals surface area (Å²) < 4.78 is 10.9. The van der Waals surface area contributed by atoms with E-state index in [1.165, 1.54) is 5.56 Å². The fourth-order valence-corrected chi connectivity index (χ4v) is 3.65. The molecule has 2 aliphatic rings. The summed E-state index contributed by atoms with van der Waals surface area (Å²) in [5.41, 5.74) is 1.90. The molecule has 1 fully saturated rings. The lowest BCUT2D eigenvalue weighted by atomic mass is 10.1. The Kier molecular flexibility index (Phi) is 6.14. The Morgan fingerprint density at radius 2 is 1.93 bits per heavy atom.